The molecule has 0 aliphatic rings. The summed E-state index contributed by atoms with van der Waals surface area (Å²) in [6.07, 6.45) is 13.7. The molecule has 0 fully saturated rings. The second-order valence-corrected chi connectivity index (χ2v) is 10.6. The Morgan fingerprint density at radius 1 is 0.951 bits per heavy atom. The number of benzene rings is 2. The lowest BCUT2D eigenvalue weighted by molar-refractivity contribution is -0.111. The molecule has 1 aromatic heterocycles. The van der Waals surface area contributed by atoms with Crippen LogP contribution in [-0.4, -0.2) is 23.7 Å². The van der Waals surface area contributed by atoms with Gasteiger partial charge in [-0.3, -0.25) is 9.59 Å². The Morgan fingerprint density at radius 3 is 2.46 bits per heavy atom. The van der Waals surface area contributed by atoms with Crippen molar-refractivity contribution in [1.82, 2.24) is 4.57 Å². The van der Waals surface area contributed by atoms with Gasteiger partial charge in [-0.2, -0.15) is 0 Å². The topological polar surface area (TPSA) is 69.6 Å². The number of carbonyl (C=O) groups excluding carboxylic acids is 1. The van der Waals surface area contributed by atoms with Crippen molar-refractivity contribution in [1.29, 1.82) is 0 Å². The Morgan fingerprint density at radius 2 is 1.73 bits per heavy atom. The lowest BCUT2D eigenvalue weighted by Gasteiger charge is -2.17. The molecule has 0 saturated heterocycles. The van der Waals surface area contributed by atoms with Gasteiger partial charge in [0.15, 0.2) is 5.75 Å². The quantitative estimate of drug-likeness (QED) is 0.116. The largest absolute Gasteiger partial charge is 0.485 e. The van der Waals surface area contributed by atoms with Crippen molar-refractivity contribution < 1.29 is 14.3 Å². The molecule has 6 heteroatoms. The first-order chi connectivity index (χ1) is 19.8. The minimum absolute atomic E-state index is 0.231. The summed E-state index contributed by atoms with van der Waals surface area (Å²) in [5, 5.41) is 3.65. The smallest absolute Gasteiger partial charge is 0.297 e. The van der Waals surface area contributed by atoms with E-state index in [1.807, 2.05) is 42.5 Å². The number of pyridine rings is 1. The number of ether oxygens (including phenoxy) is 2. The monoisotopic (exact) mass is 556 g/mol. The van der Waals surface area contributed by atoms with E-state index in [0.29, 0.717) is 30.2 Å². The highest BCUT2D eigenvalue weighted by Crippen LogP contribution is 2.34. The third-order valence-electron chi connectivity index (χ3n) is 6.80. The predicted octanol–water partition coefficient (Wildman–Crippen LogP) is 8.22. The predicted molar refractivity (Wildman–Crippen MR) is 171 cm³/mol. The number of rotatable bonds is 15. The van der Waals surface area contributed by atoms with E-state index in [1.54, 1.807) is 23.8 Å². The molecule has 41 heavy (non-hydrogen) atoms. The molecule has 0 unspecified atom stereocenters. The lowest BCUT2D eigenvalue weighted by Crippen LogP contribution is -2.22. The highest BCUT2D eigenvalue weighted by molar-refractivity contribution is 6.03. The molecule has 3 aromatic rings. The number of carbonyl (C=O) groups is 1. The van der Waals surface area contributed by atoms with Crippen LogP contribution in [-0.2, 0) is 11.8 Å². The molecule has 0 saturated carbocycles. The van der Waals surface area contributed by atoms with Gasteiger partial charge in [0.25, 0.3) is 5.56 Å². The van der Waals surface area contributed by atoms with Crippen molar-refractivity contribution in [2.24, 2.45) is 7.05 Å². The van der Waals surface area contributed by atoms with Crippen molar-refractivity contribution in [3.63, 3.8) is 0 Å². The molecule has 1 heterocycles. The molecular weight excluding hydrogens is 512 g/mol. The molecule has 1 N–H and O–H groups in total. The number of aryl methyl sites for hydroxylation is 1. The van der Waals surface area contributed by atoms with Gasteiger partial charge in [-0.15, -0.1) is 0 Å². The van der Waals surface area contributed by atoms with Crippen LogP contribution in [0.4, 0.5) is 5.69 Å². The van der Waals surface area contributed by atoms with Gasteiger partial charge in [-0.05, 0) is 75.9 Å². The maximum atomic E-state index is 13.5. The van der Waals surface area contributed by atoms with Crippen LogP contribution in [0.2, 0.25) is 0 Å². The SMILES string of the molecule is CCCCCCOc1c(OCC=C(C)CCC=C(C)C)c2ccc(NC(=O)C=Cc3ccccc3)cc2n(C)c1=O. The van der Waals surface area contributed by atoms with Crippen LogP contribution in [0, 0.1) is 0 Å². The van der Waals surface area contributed by atoms with Crippen LogP contribution < -0.4 is 20.3 Å². The Kier molecular flexibility index (Phi) is 12.5. The molecule has 1 amide bonds. The summed E-state index contributed by atoms with van der Waals surface area (Å²) in [7, 11) is 1.71. The van der Waals surface area contributed by atoms with Gasteiger partial charge in [-0.25, -0.2) is 0 Å². The van der Waals surface area contributed by atoms with Gasteiger partial charge >= 0.3 is 0 Å². The van der Waals surface area contributed by atoms with Crippen LogP contribution in [0.3, 0.4) is 0 Å². The van der Waals surface area contributed by atoms with E-state index in [1.165, 1.54) is 17.2 Å². The van der Waals surface area contributed by atoms with E-state index < -0.39 is 0 Å². The number of amides is 1. The Hall–Kier alpha value is -4.06. The second kappa shape index (κ2) is 16.3. The number of aromatic nitrogens is 1. The zero-order valence-electron chi connectivity index (χ0n) is 25.2. The fourth-order valence-electron chi connectivity index (χ4n) is 4.41. The third kappa shape index (κ3) is 9.82. The van der Waals surface area contributed by atoms with E-state index >= 15 is 0 Å². The molecule has 0 bridgehead atoms. The minimum Gasteiger partial charge on any atom is -0.485 e. The minimum atomic E-state index is -0.264. The number of anilines is 1. The fourth-order valence-corrected chi connectivity index (χ4v) is 4.41. The number of nitrogens with zero attached hydrogens (tertiary/aromatic N) is 1. The Labute approximate surface area is 244 Å². The summed E-state index contributed by atoms with van der Waals surface area (Å²) in [5.41, 5.74) is 4.45. The molecule has 0 radical (unpaired) electrons. The molecule has 0 spiro atoms. The van der Waals surface area contributed by atoms with Crippen molar-refractivity contribution >= 4 is 28.6 Å². The van der Waals surface area contributed by atoms with Crippen molar-refractivity contribution in [2.45, 2.75) is 66.2 Å². The second-order valence-electron chi connectivity index (χ2n) is 10.6. The van der Waals surface area contributed by atoms with Gasteiger partial charge in [0.05, 0.1) is 12.1 Å². The summed E-state index contributed by atoms with van der Waals surface area (Å²) in [4.78, 5) is 26.0. The van der Waals surface area contributed by atoms with Gasteiger partial charge in [0.2, 0.25) is 11.7 Å². The first-order valence-electron chi connectivity index (χ1n) is 14.6. The summed E-state index contributed by atoms with van der Waals surface area (Å²) in [5.74, 6) is 0.416. The summed E-state index contributed by atoms with van der Waals surface area (Å²) >= 11 is 0. The molecule has 0 atom stereocenters. The highest BCUT2D eigenvalue weighted by Gasteiger charge is 2.19. The van der Waals surface area contributed by atoms with E-state index in [-0.39, 0.29) is 17.2 Å². The van der Waals surface area contributed by atoms with Gasteiger partial charge in [0.1, 0.15) is 6.61 Å². The molecule has 0 aliphatic carbocycles. The zero-order chi connectivity index (χ0) is 29.6. The number of unbranched alkanes of at least 4 members (excludes halogenated alkanes) is 3. The lowest BCUT2D eigenvalue weighted by atomic mass is 10.1. The maximum absolute atomic E-state index is 13.5. The van der Waals surface area contributed by atoms with E-state index in [0.717, 1.165) is 49.5 Å². The number of allylic oxidation sites excluding steroid dienone is 3. The van der Waals surface area contributed by atoms with Crippen LogP contribution >= 0.6 is 0 Å². The first-order valence-corrected chi connectivity index (χ1v) is 14.6. The van der Waals surface area contributed by atoms with E-state index in [2.05, 4.69) is 45.2 Å². The average Bonchev–Trinajstić information content (AvgIpc) is 2.96. The summed E-state index contributed by atoms with van der Waals surface area (Å²) in [6, 6.07) is 15.1. The molecule has 2 aromatic carbocycles. The molecular formula is C35H44N2O4. The Balaban J connectivity index is 1.87. The number of hydrogen-bond acceptors (Lipinski definition) is 4. The molecule has 218 valence electrons. The van der Waals surface area contributed by atoms with Crippen LogP contribution in [0.25, 0.3) is 17.0 Å². The number of nitrogens with one attached hydrogen (secondary N) is 1. The van der Waals surface area contributed by atoms with Crippen molar-refractivity contribution in [2.75, 3.05) is 18.5 Å². The van der Waals surface area contributed by atoms with Crippen LogP contribution in [0.5, 0.6) is 11.5 Å². The Bertz CT molecular complexity index is 1440. The first kappa shape index (κ1) is 31.5. The van der Waals surface area contributed by atoms with Crippen LogP contribution in [0.15, 0.2) is 82.7 Å². The van der Waals surface area contributed by atoms with Crippen molar-refractivity contribution in [3.05, 3.63) is 93.8 Å². The standard InChI is InChI=1S/C35H44N2O4/c1-6-7-8-12-23-40-34-33(41-24-22-27(4)15-13-14-26(2)3)30-20-19-29(25-31(30)37(5)35(34)39)36-32(38)21-18-28-16-10-9-11-17-28/h9-11,14,16-22,25H,6-8,12-13,15,23-24H2,1-5H3,(H,36,38). The highest BCUT2D eigenvalue weighted by atomic mass is 16.5. The van der Waals surface area contributed by atoms with Crippen molar-refractivity contribution in [3.8, 4) is 11.5 Å². The third-order valence-corrected chi connectivity index (χ3v) is 6.80. The molecule has 6 nitrogen and oxygen atoms in total. The van der Waals surface area contributed by atoms with Gasteiger partial charge in [-0.1, -0.05) is 73.7 Å². The zero-order valence-corrected chi connectivity index (χ0v) is 25.2. The fraction of sp³-hybridized carbons (Fsp3) is 0.371. The van der Waals surface area contributed by atoms with Gasteiger partial charge in [0, 0.05) is 24.2 Å². The number of hydrogen-bond donors (Lipinski definition) is 1. The summed E-state index contributed by atoms with van der Waals surface area (Å²) in [6.45, 7) is 9.25. The molecule has 3 rings (SSSR count). The molecule has 0 aliphatic heterocycles. The number of fused-ring (bicyclic) bond motifs is 1. The normalized spacial score (nSPS) is 11.6. The van der Waals surface area contributed by atoms with Gasteiger partial charge < -0.3 is 19.4 Å². The maximum Gasteiger partial charge on any atom is 0.297 e. The van der Waals surface area contributed by atoms with Crippen LogP contribution in [0.1, 0.15) is 71.8 Å². The summed E-state index contributed by atoms with van der Waals surface area (Å²) < 4.78 is 13.9. The average molecular weight is 557 g/mol. The van der Waals surface area contributed by atoms with E-state index in [4.69, 9.17) is 9.47 Å². The van der Waals surface area contributed by atoms with E-state index in [9.17, 15) is 9.59 Å².